The third-order valence-electron chi connectivity index (χ3n) is 5.09. The number of benzene rings is 2. The molecule has 3 aromatic rings. The number of ether oxygens (including phenoxy) is 1. The number of anilines is 2. The quantitative estimate of drug-likeness (QED) is 0.594. The molecule has 0 unspecified atom stereocenters. The lowest BCUT2D eigenvalue weighted by Crippen LogP contribution is -2.32. The minimum absolute atomic E-state index is 0.0352. The number of pyridine rings is 1. The minimum atomic E-state index is -0.0352. The minimum Gasteiger partial charge on any atom is -0.489 e. The van der Waals surface area contributed by atoms with E-state index >= 15 is 0 Å². The fourth-order valence-electron chi connectivity index (χ4n) is 3.50. The molecule has 0 atom stereocenters. The summed E-state index contributed by atoms with van der Waals surface area (Å²) >= 11 is 0. The van der Waals surface area contributed by atoms with Crippen LogP contribution in [-0.2, 0) is 6.61 Å². The van der Waals surface area contributed by atoms with E-state index in [0.717, 1.165) is 29.8 Å². The summed E-state index contributed by atoms with van der Waals surface area (Å²) in [6.45, 7) is 0.535. The van der Waals surface area contributed by atoms with Crippen LogP contribution in [0.25, 0.3) is 0 Å². The first-order valence-corrected chi connectivity index (χ1v) is 10.1. The van der Waals surface area contributed by atoms with Gasteiger partial charge in [-0.25, -0.2) is 4.98 Å². The van der Waals surface area contributed by atoms with Crippen molar-refractivity contribution >= 4 is 17.4 Å². The summed E-state index contributed by atoms with van der Waals surface area (Å²) in [6.07, 6.45) is 6.18. The molecular formula is C24H25N3O2. The second kappa shape index (κ2) is 9.24. The van der Waals surface area contributed by atoms with Crippen LogP contribution in [-0.4, -0.2) is 16.9 Å². The van der Waals surface area contributed by atoms with Gasteiger partial charge in [-0.05, 0) is 54.8 Å². The second-order valence-corrected chi connectivity index (χ2v) is 7.31. The summed E-state index contributed by atoms with van der Waals surface area (Å²) < 4.78 is 5.81. The highest BCUT2D eigenvalue weighted by Gasteiger charge is 2.18. The Hall–Kier alpha value is -3.34. The number of aromatic nitrogens is 1. The van der Waals surface area contributed by atoms with E-state index in [2.05, 4.69) is 15.6 Å². The van der Waals surface area contributed by atoms with Crippen molar-refractivity contribution in [2.45, 2.75) is 38.3 Å². The van der Waals surface area contributed by atoms with Crippen LogP contribution >= 0.6 is 0 Å². The van der Waals surface area contributed by atoms with E-state index in [0.29, 0.717) is 24.0 Å². The molecule has 0 radical (unpaired) electrons. The van der Waals surface area contributed by atoms with Crippen molar-refractivity contribution in [3.05, 3.63) is 84.1 Å². The average molecular weight is 387 g/mol. The first kappa shape index (κ1) is 19.0. The zero-order valence-electron chi connectivity index (χ0n) is 16.3. The van der Waals surface area contributed by atoms with Gasteiger partial charge < -0.3 is 15.4 Å². The SMILES string of the molecule is O=C(NC1CCCC1)c1ccnc(Nc2ccc(OCc3ccccc3)cc2)c1. The number of hydrogen-bond acceptors (Lipinski definition) is 4. The van der Waals surface area contributed by atoms with E-state index < -0.39 is 0 Å². The van der Waals surface area contributed by atoms with Crippen LogP contribution in [0.5, 0.6) is 5.75 Å². The Kier molecular flexibility index (Phi) is 6.05. The highest BCUT2D eigenvalue weighted by Crippen LogP contribution is 2.21. The van der Waals surface area contributed by atoms with Crippen LogP contribution in [0.2, 0.25) is 0 Å². The summed E-state index contributed by atoms with van der Waals surface area (Å²) in [5.74, 6) is 1.41. The maximum absolute atomic E-state index is 12.5. The van der Waals surface area contributed by atoms with Gasteiger partial charge in [0.15, 0.2) is 0 Å². The van der Waals surface area contributed by atoms with Gasteiger partial charge in [-0.15, -0.1) is 0 Å². The van der Waals surface area contributed by atoms with Crippen molar-refractivity contribution in [1.82, 2.24) is 10.3 Å². The monoisotopic (exact) mass is 387 g/mol. The van der Waals surface area contributed by atoms with Crippen molar-refractivity contribution in [3.8, 4) is 5.75 Å². The molecule has 29 heavy (non-hydrogen) atoms. The van der Waals surface area contributed by atoms with Gasteiger partial charge in [-0.1, -0.05) is 43.2 Å². The Morgan fingerprint density at radius 2 is 1.76 bits per heavy atom. The Labute approximate surface area is 171 Å². The third-order valence-corrected chi connectivity index (χ3v) is 5.09. The maximum atomic E-state index is 12.5. The molecule has 5 nitrogen and oxygen atoms in total. The molecule has 5 heteroatoms. The number of nitrogens with zero attached hydrogens (tertiary/aromatic N) is 1. The zero-order valence-corrected chi connectivity index (χ0v) is 16.3. The lowest BCUT2D eigenvalue weighted by Gasteiger charge is -2.13. The maximum Gasteiger partial charge on any atom is 0.251 e. The zero-order chi connectivity index (χ0) is 19.9. The third kappa shape index (κ3) is 5.35. The summed E-state index contributed by atoms with van der Waals surface area (Å²) in [5, 5.41) is 6.36. The molecule has 1 aromatic heterocycles. The molecule has 0 saturated heterocycles. The van der Waals surface area contributed by atoms with Crippen molar-refractivity contribution in [2.75, 3.05) is 5.32 Å². The van der Waals surface area contributed by atoms with E-state index in [1.165, 1.54) is 12.8 Å². The highest BCUT2D eigenvalue weighted by molar-refractivity contribution is 5.95. The molecule has 0 spiro atoms. The molecule has 148 valence electrons. The average Bonchev–Trinajstić information content (AvgIpc) is 3.27. The number of nitrogens with one attached hydrogen (secondary N) is 2. The number of rotatable bonds is 7. The number of carbonyl (C=O) groups is 1. The molecule has 1 aliphatic carbocycles. The predicted molar refractivity (Wildman–Crippen MR) is 114 cm³/mol. The first-order valence-electron chi connectivity index (χ1n) is 10.1. The fraction of sp³-hybridized carbons (Fsp3) is 0.250. The van der Waals surface area contributed by atoms with Crippen LogP contribution in [0.15, 0.2) is 72.9 Å². The second-order valence-electron chi connectivity index (χ2n) is 7.31. The molecule has 1 saturated carbocycles. The van der Waals surface area contributed by atoms with Crippen LogP contribution in [0.4, 0.5) is 11.5 Å². The van der Waals surface area contributed by atoms with Gasteiger partial charge in [0.25, 0.3) is 5.91 Å². The van der Waals surface area contributed by atoms with Crippen molar-refractivity contribution in [1.29, 1.82) is 0 Å². The van der Waals surface area contributed by atoms with Gasteiger partial charge in [0.1, 0.15) is 18.2 Å². The fourth-order valence-corrected chi connectivity index (χ4v) is 3.50. The van der Waals surface area contributed by atoms with Gasteiger partial charge in [-0.2, -0.15) is 0 Å². The molecule has 0 bridgehead atoms. The van der Waals surface area contributed by atoms with Crippen molar-refractivity contribution < 1.29 is 9.53 Å². The largest absolute Gasteiger partial charge is 0.489 e. The van der Waals surface area contributed by atoms with E-state index in [1.807, 2.05) is 54.6 Å². The normalized spacial score (nSPS) is 13.8. The topological polar surface area (TPSA) is 63.2 Å². The van der Waals surface area contributed by atoms with Crippen molar-refractivity contribution in [3.63, 3.8) is 0 Å². The van der Waals surface area contributed by atoms with E-state index in [-0.39, 0.29) is 5.91 Å². The van der Waals surface area contributed by atoms with Crippen molar-refractivity contribution in [2.24, 2.45) is 0 Å². The van der Waals surface area contributed by atoms with Crippen LogP contribution in [0.1, 0.15) is 41.6 Å². The Morgan fingerprint density at radius 1 is 1.00 bits per heavy atom. The predicted octanol–water partition coefficient (Wildman–Crippen LogP) is 5.08. The molecule has 1 amide bonds. The number of carbonyl (C=O) groups excluding carboxylic acids is 1. The van der Waals surface area contributed by atoms with E-state index in [1.54, 1.807) is 18.3 Å². The Balaban J connectivity index is 1.34. The van der Waals surface area contributed by atoms with E-state index in [4.69, 9.17) is 4.74 Å². The van der Waals surface area contributed by atoms with Gasteiger partial charge >= 0.3 is 0 Å². The standard InChI is InChI=1S/C24H25N3O2/c28-24(27-20-8-4-5-9-20)19-14-15-25-23(16-19)26-21-10-12-22(13-11-21)29-17-18-6-2-1-3-7-18/h1-3,6-7,10-16,20H,4-5,8-9,17H2,(H,25,26)(H,27,28). The van der Waals surface area contributed by atoms with Crippen LogP contribution in [0.3, 0.4) is 0 Å². The summed E-state index contributed by atoms with van der Waals surface area (Å²) in [7, 11) is 0. The van der Waals surface area contributed by atoms with Gasteiger partial charge in [0, 0.05) is 23.5 Å². The number of hydrogen-bond donors (Lipinski definition) is 2. The summed E-state index contributed by atoms with van der Waals surface area (Å²) in [6, 6.07) is 21.6. The molecule has 1 heterocycles. The molecule has 2 N–H and O–H groups in total. The molecule has 2 aromatic carbocycles. The Morgan fingerprint density at radius 3 is 2.52 bits per heavy atom. The smallest absolute Gasteiger partial charge is 0.251 e. The molecule has 0 aliphatic heterocycles. The number of amides is 1. The molecule has 4 rings (SSSR count). The Bertz CT molecular complexity index is 936. The summed E-state index contributed by atoms with van der Waals surface area (Å²) in [5.41, 5.74) is 2.64. The molecule has 1 aliphatic rings. The lowest BCUT2D eigenvalue weighted by molar-refractivity contribution is 0.0938. The highest BCUT2D eigenvalue weighted by atomic mass is 16.5. The van der Waals surface area contributed by atoms with Gasteiger partial charge in [0.05, 0.1) is 0 Å². The molecule has 1 fully saturated rings. The van der Waals surface area contributed by atoms with Crippen LogP contribution in [0, 0.1) is 0 Å². The van der Waals surface area contributed by atoms with Crippen LogP contribution < -0.4 is 15.4 Å². The van der Waals surface area contributed by atoms with E-state index in [9.17, 15) is 4.79 Å². The van der Waals surface area contributed by atoms with Gasteiger partial charge in [-0.3, -0.25) is 4.79 Å². The lowest BCUT2D eigenvalue weighted by atomic mass is 10.2. The van der Waals surface area contributed by atoms with Gasteiger partial charge in [0.2, 0.25) is 0 Å². The first-order chi connectivity index (χ1) is 14.3. The summed E-state index contributed by atoms with van der Waals surface area (Å²) in [4.78, 5) is 16.8. The molecular weight excluding hydrogens is 362 g/mol.